The van der Waals surface area contributed by atoms with Crippen LogP contribution in [-0.4, -0.2) is 69.9 Å². The third-order valence-electron chi connectivity index (χ3n) is 6.88. The topological polar surface area (TPSA) is 157 Å². The Bertz CT molecular complexity index is 998. The van der Waals surface area contributed by atoms with E-state index in [-0.39, 0.29) is 18.7 Å². The molecule has 0 saturated carbocycles. The first kappa shape index (κ1) is 28.1. The molecule has 2 fully saturated rings. The maximum absolute atomic E-state index is 13.6. The van der Waals surface area contributed by atoms with E-state index in [0.29, 0.717) is 45.1 Å². The first-order chi connectivity index (χ1) is 17.6. The van der Waals surface area contributed by atoms with Crippen molar-refractivity contribution >= 4 is 29.5 Å². The molecule has 5 N–H and O–H groups in total. The van der Waals surface area contributed by atoms with Crippen LogP contribution < -0.4 is 21.4 Å². The zero-order chi connectivity index (χ0) is 27.0. The number of nitrogens with zero attached hydrogens (tertiary/aromatic N) is 1. The van der Waals surface area contributed by atoms with Crippen molar-refractivity contribution in [3.63, 3.8) is 0 Å². The monoisotopic (exact) mass is 515 g/mol. The van der Waals surface area contributed by atoms with Crippen molar-refractivity contribution in [1.29, 1.82) is 0 Å². The second-order valence-electron chi connectivity index (χ2n) is 10.2. The summed E-state index contributed by atoms with van der Waals surface area (Å²) in [7, 11) is 0. The Labute approximate surface area is 216 Å². The van der Waals surface area contributed by atoms with Gasteiger partial charge in [-0.15, -0.1) is 0 Å². The van der Waals surface area contributed by atoms with Crippen LogP contribution in [0.3, 0.4) is 0 Å². The smallest absolute Gasteiger partial charge is 0.246 e. The molecule has 11 heteroatoms. The van der Waals surface area contributed by atoms with Gasteiger partial charge in [0.1, 0.15) is 23.7 Å². The van der Waals surface area contributed by atoms with E-state index in [1.165, 1.54) is 4.90 Å². The molecule has 2 heterocycles. The molecule has 202 valence electrons. The number of fused-ring (bicyclic) bond motifs is 1. The van der Waals surface area contributed by atoms with Gasteiger partial charge in [0.15, 0.2) is 0 Å². The summed E-state index contributed by atoms with van der Waals surface area (Å²) < 4.78 is 0. The Morgan fingerprint density at radius 1 is 1.03 bits per heavy atom. The van der Waals surface area contributed by atoms with Gasteiger partial charge in [-0.05, 0) is 45.1 Å². The number of carbonyl (C=O) groups is 5. The SMILES string of the molecule is CC1(C)NC(=O)[C@H](CCCCCC(=O)NO)NC(=O)[C@H]2CCCN2C(=O)C(Cc2ccccc2)NC1=O. The van der Waals surface area contributed by atoms with E-state index in [1.54, 1.807) is 19.3 Å². The summed E-state index contributed by atoms with van der Waals surface area (Å²) in [5, 5.41) is 17.0. The molecule has 1 unspecified atom stereocenters. The van der Waals surface area contributed by atoms with Gasteiger partial charge >= 0.3 is 0 Å². The fraction of sp³-hybridized carbons (Fsp3) is 0.577. The number of hydrogen-bond donors (Lipinski definition) is 5. The molecule has 11 nitrogen and oxygen atoms in total. The zero-order valence-corrected chi connectivity index (χ0v) is 21.4. The Kier molecular flexibility index (Phi) is 9.62. The lowest BCUT2D eigenvalue weighted by atomic mass is 9.98. The summed E-state index contributed by atoms with van der Waals surface area (Å²) in [5.41, 5.74) is 1.11. The molecule has 1 aromatic carbocycles. The number of hydrogen-bond acceptors (Lipinski definition) is 6. The van der Waals surface area contributed by atoms with Crippen LogP contribution in [-0.2, 0) is 30.4 Å². The van der Waals surface area contributed by atoms with E-state index in [4.69, 9.17) is 5.21 Å². The highest BCUT2D eigenvalue weighted by Gasteiger charge is 2.42. The highest BCUT2D eigenvalue weighted by atomic mass is 16.5. The van der Waals surface area contributed by atoms with Gasteiger partial charge < -0.3 is 20.9 Å². The van der Waals surface area contributed by atoms with E-state index < -0.39 is 47.3 Å². The van der Waals surface area contributed by atoms with Gasteiger partial charge in [0.25, 0.3) is 0 Å². The number of unbranched alkanes of at least 4 members (excludes halogenated alkanes) is 2. The van der Waals surface area contributed by atoms with Gasteiger partial charge in [0.2, 0.25) is 29.5 Å². The van der Waals surface area contributed by atoms with Crippen LogP contribution >= 0.6 is 0 Å². The van der Waals surface area contributed by atoms with Crippen molar-refractivity contribution < 1.29 is 29.2 Å². The van der Waals surface area contributed by atoms with Crippen LogP contribution in [0.15, 0.2) is 30.3 Å². The van der Waals surface area contributed by atoms with Crippen molar-refractivity contribution in [2.24, 2.45) is 0 Å². The fourth-order valence-electron chi connectivity index (χ4n) is 4.75. The summed E-state index contributed by atoms with van der Waals surface area (Å²) in [6.07, 6.45) is 3.48. The number of nitrogens with one attached hydrogen (secondary N) is 4. The Hall–Kier alpha value is -3.47. The highest BCUT2D eigenvalue weighted by molar-refractivity contribution is 5.99. The molecule has 2 aliphatic rings. The lowest BCUT2D eigenvalue weighted by molar-refractivity contribution is -0.144. The molecular formula is C26H37N5O6. The summed E-state index contributed by atoms with van der Waals surface area (Å²) in [4.78, 5) is 66.0. The van der Waals surface area contributed by atoms with Crippen molar-refractivity contribution in [2.45, 2.75) is 88.9 Å². The van der Waals surface area contributed by atoms with Gasteiger partial charge in [-0.25, -0.2) is 5.48 Å². The van der Waals surface area contributed by atoms with E-state index in [0.717, 1.165) is 5.56 Å². The number of rotatable bonds is 8. The number of carbonyl (C=O) groups excluding carboxylic acids is 5. The first-order valence-electron chi connectivity index (χ1n) is 12.8. The fourth-order valence-corrected chi connectivity index (χ4v) is 4.75. The average Bonchev–Trinajstić information content (AvgIpc) is 3.36. The van der Waals surface area contributed by atoms with Crippen LogP contribution in [0.1, 0.15) is 64.4 Å². The third-order valence-corrected chi connectivity index (χ3v) is 6.88. The lowest BCUT2D eigenvalue weighted by Crippen LogP contribution is -2.64. The molecule has 0 aromatic heterocycles. The quantitative estimate of drug-likeness (QED) is 0.193. The average molecular weight is 516 g/mol. The van der Waals surface area contributed by atoms with Crippen molar-refractivity contribution in [1.82, 2.24) is 26.3 Å². The van der Waals surface area contributed by atoms with Crippen molar-refractivity contribution in [3.8, 4) is 0 Å². The van der Waals surface area contributed by atoms with Gasteiger partial charge in [-0.2, -0.15) is 0 Å². The molecule has 0 radical (unpaired) electrons. The molecule has 0 spiro atoms. The standard InChI is InChI=1S/C26H37N5O6/c1-26(2)25(36)28-19(16-17-10-5-3-6-11-17)24(35)31-15-9-13-20(31)23(34)27-18(22(33)29-26)12-7-4-8-14-21(32)30-37/h3,5-6,10-11,18-20,37H,4,7-9,12-16H2,1-2H3,(H,27,34)(H,28,36)(H,29,33)(H,30,32)/t18-,19?,20+/m0/s1. The lowest BCUT2D eigenvalue weighted by Gasteiger charge is -2.34. The summed E-state index contributed by atoms with van der Waals surface area (Å²) >= 11 is 0. The Balaban J connectivity index is 1.80. The molecule has 3 atom stereocenters. The van der Waals surface area contributed by atoms with Gasteiger partial charge in [-0.3, -0.25) is 29.2 Å². The van der Waals surface area contributed by atoms with E-state index in [2.05, 4.69) is 16.0 Å². The van der Waals surface area contributed by atoms with Crippen LogP contribution in [0.2, 0.25) is 0 Å². The zero-order valence-electron chi connectivity index (χ0n) is 21.4. The minimum absolute atomic E-state index is 0.149. The largest absolute Gasteiger partial charge is 0.343 e. The summed E-state index contributed by atoms with van der Waals surface area (Å²) in [6.45, 7) is 3.51. The molecule has 0 bridgehead atoms. The van der Waals surface area contributed by atoms with Gasteiger partial charge in [-0.1, -0.05) is 43.2 Å². The number of amides is 5. The predicted octanol–water partition coefficient (Wildman–Crippen LogP) is 0.554. The molecule has 5 amide bonds. The van der Waals surface area contributed by atoms with E-state index in [1.807, 2.05) is 30.3 Å². The Morgan fingerprint density at radius 2 is 1.76 bits per heavy atom. The van der Waals surface area contributed by atoms with Crippen LogP contribution in [0.4, 0.5) is 0 Å². The number of benzene rings is 1. The molecule has 2 aliphatic heterocycles. The second-order valence-corrected chi connectivity index (χ2v) is 10.2. The molecular weight excluding hydrogens is 478 g/mol. The first-order valence-corrected chi connectivity index (χ1v) is 12.8. The number of hydroxylamine groups is 1. The van der Waals surface area contributed by atoms with Crippen molar-refractivity contribution in [2.75, 3.05) is 6.54 Å². The molecule has 0 aliphatic carbocycles. The summed E-state index contributed by atoms with van der Waals surface area (Å²) in [6, 6.07) is 6.82. The molecule has 3 rings (SSSR count). The molecule has 37 heavy (non-hydrogen) atoms. The van der Waals surface area contributed by atoms with E-state index in [9.17, 15) is 24.0 Å². The van der Waals surface area contributed by atoms with Gasteiger partial charge in [0, 0.05) is 19.4 Å². The minimum Gasteiger partial charge on any atom is -0.343 e. The molecule has 1 aromatic rings. The van der Waals surface area contributed by atoms with Gasteiger partial charge in [0.05, 0.1) is 0 Å². The predicted molar refractivity (Wildman–Crippen MR) is 134 cm³/mol. The third kappa shape index (κ3) is 7.51. The normalized spacial score (nSPS) is 24.2. The van der Waals surface area contributed by atoms with Crippen LogP contribution in [0, 0.1) is 0 Å². The maximum Gasteiger partial charge on any atom is 0.246 e. The van der Waals surface area contributed by atoms with Crippen molar-refractivity contribution in [3.05, 3.63) is 35.9 Å². The highest BCUT2D eigenvalue weighted by Crippen LogP contribution is 2.21. The second kappa shape index (κ2) is 12.7. The minimum atomic E-state index is -1.34. The van der Waals surface area contributed by atoms with Crippen LogP contribution in [0.25, 0.3) is 0 Å². The maximum atomic E-state index is 13.6. The molecule has 2 saturated heterocycles. The van der Waals surface area contributed by atoms with Crippen LogP contribution in [0.5, 0.6) is 0 Å². The summed E-state index contributed by atoms with van der Waals surface area (Å²) in [5.74, 6) is -2.18. The van der Waals surface area contributed by atoms with E-state index >= 15 is 0 Å². The Morgan fingerprint density at radius 3 is 2.46 bits per heavy atom.